The summed E-state index contributed by atoms with van der Waals surface area (Å²) in [5, 5.41) is 11.9. The van der Waals surface area contributed by atoms with Crippen molar-refractivity contribution in [2.75, 3.05) is 13.1 Å². The number of amides is 2. The van der Waals surface area contributed by atoms with Gasteiger partial charge in [-0.15, -0.1) is 0 Å². The predicted octanol–water partition coefficient (Wildman–Crippen LogP) is 1.00. The Bertz CT molecular complexity index is 395. The topological polar surface area (TPSA) is 86.7 Å². The average Bonchev–Trinajstić information content (AvgIpc) is 2.72. The molecule has 1 saturated heterocycles. The summed E-state index contributed by atoms with van der Waals surface area (Å²) in [6.45, 7) is 6.19. The molecule has 0 aromatic heterocycles. The third-order valence-corrected chi connectivity index (χ3v) is 3.59. The fourth-order valence-electron chi connectivity index (χ4n) is 2.30. The molecule has 1 fully saturated rings. The number of carbonyl (C=O) groups excluding carboxylic acids is 2. The van der Waals surface area contributed by atoms with E-state index in [0.717, 1.165) is 0 Å². The first-order chi connectivity index (χ1) is 9.24. The second-order valence-electron chi connectivity index (χ2n) is 6.01. The lowest BCUT2D eigenvalue weighted by Gasteiger charge is -2.20. The summed E-state index contributed by atoms with van der Waals surface area (Å²) >= 11 is 0. The van der Waals surface area contributed by atoms with Crippen molar-refractivity contribution in [2.24, 2.45) is 5.41 Å². The molecule has 0 bridgehead atoms. The van der Waals surface area contributed by atoms with E-state index in [-0.39, 0.29) is 24.4 Å². The Hall–Kier alpha value is -1.59. The third-order valence-electron chi connectivity index (χ3n) is 3.59. The van der Waals surface area contributed by atoms with Crippen LogP contribution in [0.3, 0.4) is 0 Å². The van der Waals surface area contributed by atoms with Crippen molar-refractivity contribution in [1.29, 1.82) is 0 Å². The van der Waals surface area contributed by atoms with Crippen molar-refractivity contribution in [3.8, 4) is 0 Å². The van der Waals surface area contributed by atoms with Crippen LogP contribution in [0.15, 0.2) is 0 Å². The van der Waals surface area contributed by atoms with E-state index >= 15 is 0 Å². The van der Waals surface area contributed by atoms with E-state index in [1.54, 1.807) is 11.8 Å². The summed E-state index contributed by atoms with van der Waals surface area (Å²) in [5.74, 6) is -0.971. The van der Waals surface area contributed by atoms with E-state index < -0.39 is 11.4 Å². The van der Waals surface area contributed by atoms with Crippen molar-refractivity contribution in [1.82, 2.24) is 10.2 Å². The maximum absolute atomic E-state index is 12.0. The highest BCUT2D eigenvalue weighted by Gasteiger charge is 2.41. The zero-order chi connectivity index (χ0) is 15.3. The number of nitrogens with one attached hydrogen (secondary N) is 1. The summed E-state index contributed by atoms with van der Waals surface area (Å²) < 4.78 is 0. The van der Waals surface area contributed by atoms with Gasteiger partial charge in [-0.05, 0) is 33.6 Å². The second-order valence-corrected chi connectivity index (χ2v) is 6.01. The maximum atomic E-state index is 12.0. The van der Waals surface area contributed by atoms with Gasteiger partial charge in [0.05, 0.1) is 5.41 Å². The number of likely N-dealkylation sites (tertiary alicyclic amines) is 1. The van der Waals surface area contributed by atoms with Crippen LogP contribution >= 0.6 is 0 Å². The monoisotopic (exact) mass is 284 g/mol. The number of nitrogens with zero attached hydrogens (tertiary/aromatic N) is 1. The molecule has 6 heteroatoms. The van der Waals surface area contributed by atoms with E-state index in [9.17, 15) is 14.4 Å². The number of carbonyl (C=O) groups is 3. The molecule has 0 spiro atoms. The Kier molecular flexibility index (Phi) is 5.53. The highest BCUT2D eigenvalue weighted by molar-refractivity contribution is 5.81. The lowest BCUT2D eigenvalue weighted by atomic mass is 9.90. The van der Waals surface area contributed by atoms with Gasteiger partial charge in [-0.1, -0.05) is 0 Å². The van der Waals surface area contributed by atoms with Crippen LogP contribution in [0.2, 0.25) is 0 Å². The van der Waals surface area contributed by atoms with Crippen LogP contribution in [0.4, 0.5) is 0 Å². The van der Waals surface area contributed by atoms with Gasteiger partial charge in [-0.3, -0.25) is 14.4 Å². The molecule has 6 nitrogen and oxygen atoms in total. The average molecular weight is 284 g/mol. The highest BCUT2D eigenvalue weighted by Crippen LogP contribution is 2.30. The van der Waals surface area contributed by atoms with Crippen LogP contribution in [-0.2, 0) is 14.4 Å². The first-order valence-corrected chi connectivity index (χ1v) is 7.05. The maximum Gasteiger partial charge on any atom is 0.311 e. The molecule has 0 aromatic rings. The van der Waals surface area contributed by atoms with Crippen LogP contribution < -0.4 is 5.32 Å². The number of carboxylic acids is 1. The van der Waals surface area contributed by atoms with Crippen LogP contribution in [-0.4, -0.2) is 46.9 Å². The van der Waals surface area contributed by atoms with Gasteiger partial charge in [0.25, 0.3) is 0 Å². The summed E-state index contributed by atoms with van der Waals surface area (Å²) in [6.07, 6.45) is 1.61. The molecular weight excluding hydrogens is 260 g/mol. The lowest BCUT2D eigenvalue weighted by Crippen LogP contribution is -2.35. The minimum absolute atomic E-state index is 0.0513. The van der Waals surface area contributed by atoms with Crippen molar-refractivity contribution in [2.45, 2.75) is 52.5 Å². The van der Waals surface area contributed by atoms with Crippen molar-refractivity contribution in [3.05, 3.63) is 0 Å². The van der Waals surface area contributed by atoms with Gasteiger partial charge in [0.1, 0.15) is 0 Å². The molecule has 1 rings (SSSR count). The minimum atomic E-state index is -0.857. The summed E-state index contributed by atoms with van der Waals surface area (Å²) in [6, 6.07) is 0.105. The first kappa shape index (κ1) is 16.5. The SMILES string of the molecule is CC(C)NC(=O)CCCC(=O)N1CCC(C)(C(=O)O)C1. The fourth-order valence-corrected chi connectivity index (χ4v) is 2.30. The minimum Gasteiger partial charge on any atom is -0.481 e. The van der Waals surface area contributed by atoms with Gasteiger partial charge in [0.2, 0.25) is 11.8 Å². The number of hydrogen-bond donors (Lipinski definition) is 2. The van der Waals surface area contributed by atoms with Gasteiger partial charge >= 0.3 is 5.97 Å². The molecule has 2 amide bonds. The first-order valence-electron chi connectivity index (χ1n) is 7.05. The molecule has 0 radical (unpaired) electrons. The number of rotatable bonds is 6. The molecule has 1 aliphatic heterocycles. The van der Waals surface area contributed by atoms with Gasteiger partial charge in [-0.2, -0.15) is 0 Å². The molecule has 0 aromatic carbocycles. The molecule has 0 aliphatic carbocycles. The summed E-state index contributed by atoms with van der Waals surface area (Å²) in [5.41, 5.74) is -0.829. The van der Waals surface area contributed by atoms with Crippen LogP contribution in [0.25, 0.3) is 0 Å². The normalized spacial score (nSPS) is 22.1. The fraction of sp³-hybridized carbons (Fsp3) is 0.786. The molecule has 1 unspecified atom stereocenters. The molecule has 1 atom stereocenters. The van der Waals surface area contributed by atoms with E-state index in [0.29, 0.717) is 32.2 Å². The smallest absolute Gasteiger partial charge is 0.311 e. The molecule has 1 heterocycles. The zero-order valence-corrected chi connectivity index (χ0v) is 12.4. The highest BCUT2D eigenvalue weighted by atomic mass is 16.4. The van der Waals surface area contributed by atoms with Crippen molar-refractivity contribution < 1.29 is 19.5 Å². The van der Waals surface area contributed by atoms with Crippen molar-refractivity contribution in [3.63, 3.8) is 0 Å². The number of carboxylic acid groups (broad SMARTS) is 1. The zero-order valence-electron chi connectivity index (χ0n) is 12.4. The molecule has 20 heavy (non-hydrogen) atoms. The molecule has 1 aliphatic rings. The largest absolute Gasteiger partial charge is 0.481 e. The third kappa shape index (κ3) is 4.51. The van der Waals surface area contributed by atoms with E-state index in [1.807, 2.05) is 13.8 Å². The Labute approximate surface area is 119 Å². The van der Waals surface area contributed by atoms with Crippen LogP contribution in [0.5, 0.6) is 0 Å². The van der Waals surface area contributed by atoms with Gasteiger partial charge in [-0.25, -0.2) is 0 Å². The molecule has 2 N–H and O–H groups in total. The van der Waals surface area contributed by atoms with E-state index in [2.05, 4.69) is 5.32 Å². The van der Waals surface area contributed by atoms with Crippen LogP contribution in [0.1, 0.15) is 46.5 Å². The second kappa shape index (κ2) is 6.72. The molecular formula is C14H24N2O4. The molecule has 114 valence electrons. The number of aliphatic carboxylic acids is 1. The molecule has 0 saturated carbocycles. The Morgan fingerprint density at radius 3 is 2.45 bits per heavy atom. The lowest BCUT2D eigenvalue weighted by molar-refractivity contribution is -0.147. The summed E-state index contributed by atoms with van der Waals surface area (Å²) in [4.78, 5) is 36.1. The van der Waals surface area contributed by atoms with Gasteiger partial charge in [0.15, 0.2) is 0 Å². The Balaban J connectivity index is 2.31. The van der Waals surface area contributed by atoms with Gasteiger partial charge < -0.3 is 15.3 Å². The standard InChI is InChI=1S/C14H24N2O4/c1-10(2)15-11(17)5-4-6-12(18)16-8-7-14(3,9-16)13(19)20/h10H,4-9H2,1-3H3,(H,15,17)(H,19,20). The van der Waals surface area contributed by atoms with E-state index in [1.165, 1.54) is 0 Å². The quantitative estimate of drug-likeness (QED) is 0.762. The van der Waals surface area contributed by atoms with Gasteiger partial charge in [0, 0.05) is 32.0 Å². The predicted molar refractivity (Wildman–Crippen MR) is 74.1 cm³/mol. The Morgan fingerprint density at radius 2 is 1.95 bits per heavy atom. The van der Waals surface area contributed by atoms with E-state index in [4.69, 9.17) is 5.11 Å². The van der Waals surface area contributed by atoms with Crippen molar-refractivity contribution >= 4 is 17.8 Å². The Morgan fingerprint density at radius 1 is 1.30 bits per heavy atom. The summed E-state index contributed by atoms with van der Waals surface area (Å²) in [7, 11) is 0. The number of hydrogen-bond acceptors (Lipinski definition) is 3. The van der Waals surface area contributed by atoms with Crippen LogP contribution in [0, 0.1) is 5.41 Å².